The number of ketones is 1. The maximum absolute atomic E-state index is 11.0. The van der Waals surface area contributed by atoms with E-state index in [0.29, 0.717) is 36.3 Å². The third kappa shape index (κ3) is 8.10. The van der Waals surface area contributed by atoms with Gasteiger partial charge in [-0.1, -0.05) is 54.8 Å². The van der Waals surface area contributed by atoms with Gasteiger partial charge in [-0.15, -0.1) is 0 Å². The quantitative estimate of drug-likeness (QED) is 0.393. The zero-order chi connectivity index (χ0) is 21.2. The third-order valence-corrected chi connectivity index (χ3v) is 6.19. The lowest BCUT2D eigenvalue weighted by atomic mass is 9.85. The molecule has 3 N–H and O–H groups in total. The fourth-order valence-electron chi connectivity index (χ4n) is 4.23. The van der Waals surface area contributed by atoms with Crippen LogP contribution in [-0.4, -0.2) is 39.4 Å². The van der Waals surface area contributed by atoms with E-state index in [4.69, 9.17) is 11.6 Å². The predicted molar refractivity (Wildman–Crippen MR) is 116 cm³/mol. The average molecular weight is 421 g/mol. The van der Waals surface area contributed by atoms with Crippen LogP contribution in [-0.2, 0) is 4.79 Å². The van der Waals surface area contributed by atoms with Crippen LogP contribution in [0.2, 0.25) is 5.02 Å². The topological polar surface area (TPSA) is 77.8 Å². The molecule has 160 valence electrons. The predicted octanol–water partition coefficient (Wildman–Crippen LogP) is 4.12. The molecule has 0 saturated heterocycles. The van der Waals surface area contributed by atoms with E-state index in [1.807, 2.05) is 18.2 Å². The highest BCUT2D eigenvalue weighted by Gasteiger charge is 2.40. The van der Waals surface area contributed by atoms with Crippen LogP contribution in [0.25, 0.3) is 0 Å². The van der Waals surface area contributed by atoms with E-state index in [-0.39, 0.29) is 17.6 Å². The van der Waals surface area contributed by atoms with Crippen LogP contribution in [0, 0.1) is 23.7 Å². The highest BCUT2D eigenvalue weighted by molar-refractivity contribution is 6.31. The Hall–Kier alpha value is -1.38. The zero-order valence-electron chi connectivity index (χ0n) is 17.2. The summed E-state index contributed by atoms with van der Waals surface area (Å²) in [5.74, 6) is 6.02. The lowest BCUT2D eigenvalue weighted by Crippen LogP contribution is -2.23. The Morgan fingerprint density at radius 3 is 2.45 bits per heavy atom. The number of rotatable bonds is 10. The maximum atomic E-state index is 11.0. The summed E-state index contributed by atoms with van der Waals surface area (Å²) in [5, 5.41) is 31.5. The van der Waals surface area contributed by atoms with Gasteiger partial charge in [0.05, 0.1) is 17.2 Å². The zero-order valence-corrected chi connectivity index (χ0v) is 17.9. The van der Waals surface area contributed by atoms with Crippen molar-refractivity contribution in [2.75, 3.05) is 0 Å². The first-order chi connectivity index (χ1) is 13.9. The SMILES string of the molecule is CC(=O)CCCCCC[C@@H]1[C@@H](CCC(O)C#Cc2ccccc2Cl)[C@H](O)C[C@@H]1O. The molecule has 4 nitrogen and oxygen atoms in total. The molecular weight excluding hydrogens is 388 g/mol. The number of hydrogen-bond acceptors (Lipinski definition) is 4. The summed E-state index contributed by atoms with van der Waals surface area (Å²) >= 11 is 6.08. The molecule has 0 aliphatic heterocycles. The van der Waals surface area contributed by atoms with Gasteiger partial charge in [0.1, 0.15) is 11.9 Å². The van der Waals surface area contributed by atoms with Gasteiger partial charge in [0.2, 0.25) is 0 Å². The second-order valence-electron chi connectivity index (χ2n) is 8.20. The van der Waals surface area contributed by atoms with Crippen molar-refractivity contribution < 1.29 is 20.1 Å². The van der Waals surface area contributed by atoms with Gasteiger partial charge in [-0.2, -0.15) is 0 Å². The Morgan fingerprint density at radius 1 is 1.10 bits per heavy atom. The molecule has 5 atom stereocenters. The van der Waals surface area contributed by atoms with E-state index in [1.165, 1.54) is 0 Å². The second kappa shape index (κ2) is 12.3. The molecule has 0 bridgehead atoms. The van der Waals surface area contributed by atoms with E-state index < -0.39 is 18.3 Å². The van der Waals surface area contributed by atoms with Crippen molar-refractivity contribution in [1.82, 2.24) is 0 Å². The standard InChI is InChI=1S/C24H33ClO4/c1-17(26)8-4-2-3-5-10-20-21(24(29)16-23(20)28)15-14-19(27)13-12-18-9-6-7-11-22(18)25/h6-7,9,11,19-21,23-24,27-29H,2-5,8,10,14-16H2,1H3/t19?,20-,21-,23+,24-/m1/s1. The van der Waals surface area contributed by atoms with Crippen molar-refractivity contribution in [1.29, 1.82) is 0 Å². The fourth-order valence-corrected chi connectivity index (χ4v) is 4.42. The maximum Gasteiger partial charge on any atom is 0.129 e. The molecule has 29 heavy (non-hydrogen) atoms. The number of aliphatic hydroxyl groups excluding tert-OH is 3. The Balaban J connectivity index is 1.79. The Labute approximate surface area is 179 Å². The molecule has 1 saturated carbocycles. The molecule has 5 heteroatoms. The second-order valence-corrected chi connectivity index (χ2v) is 8.60. The number of benzene rings is 1. The molecule has 0 radical (unpaired) electrons. The van der Waals surface area contributed by atoms with Crippen LogP contribution in [0.3, 0.4) is 0 Å². The van der Waals surface area contributed by atoms with E-state index >= 15 is 0 Å². The van der Waals surface area contributed by atoms with E-state index in [1.54, 1.807) is 13.0 Å². The van der Waals surface area contributed by atoms with Crippen LogP contribution in [0.1, 0.15) is 70.3 Å². The van der Waals surface area contributed by atoms with Gasteiger partial charge in [0.15, 0.2) is 0 Å². The van der Waals surface area contributed by atoms with E-state index in [9.17, 15) is 20.1 Å². The molecule has 1 fully saturated rings. The number of carbonyl (C=O) groups is 1. The molecule has 1 aliphatic rings. The van der Waals surface area contributed by atoms with Crippen LogP contribution < -0.4 is 0 Å². The smallest absolute Gasteiger partial charge is 0.129 e. The summed E-state index contributed by atoms with van der Waals surface area (Å²) in [6.45, 7) is 1.62. The van der Waals surface area contributed by atoms with Gasteiger partial charge < -0.3 is 20.1 Å². The average Bonchev–Trinajstić information content (AvgIpc) is 2.94. The molecule has 1 aromatic rings. The van der Waals surface area contributed by atoms with Gasteiger partial charge >= 0.3 is 0 Å². The molecule has 0 aromatic heterocycles. The number of hydrogen-bond donors (Lipinski definition) is 3. The number of aliphatic hydroxyl groups is 3. The summed E-state index contributed by atoms with van der Waals surface area (Å²) < 4.78 is 0. The van der Waals surface area contributed by atoms with Gasteiger partial charge in [0, 0.05) is 12.0 Å². The number of carbonyl (C=O) groups excluding carboxylic acids is 1. The first kappa shape index (κ1) is 23.9. The van der Waals surface area contributed by atoms with Crippen molar-refractivity contribution in [3.63, 3.8) is 0 Å². The molecular formula is C24H33ClO4. The number of Topliss-reactive ketones (excluding diaryl/α,β-unsaturated/α-hetero) is 1. The Kier molecular flexibility index (Phi) is 10.2. The summed E-state index contributed by atoms with van der Waals surface area (Å²) in [6.07, 6.45) is 5.15. The van der Waals surface area contributed by atoms with Crippen molar-refractivity contribution >= 4 is 17.4 Å². The molecule has 1 aliphatic carbocycles. The van der Waals surface area contributed by atoms with E-state index in [0.717, 1.165) is 32.1 Å². The molecule has 0 spiro atoms. The Morgan fingerprint density at radius 2 is 1.76 bits per heavy atom. The van der Waals surface area contributed by atoms with Gasteiger partial charge in [-0.3, -0.25) is 0 Å². The first-order valence-corrected chi connectivity index (χ1v) is 11.1. The normalized spacial score (nSPS) is 24.7. The largest absolute Gasteiger partial charge is 0.393 e. The summed E-state index contributed by atoms with van der Waals surface area (Å²) in [4.78, 5) is 11.0. The van der Waals surface area contributed by atoms with E-state index in [2.05, 4.69) is 11.8 Å². The van der Waals surface area contributed by atoms with Gasteiger partial charge in [0.25, 0.3) is 0 Å². The number of halogens is 1. The van der Waals surface area contributed by atoms with Gasteiger partial charge in [-0.25, -0.2) is 0 Å². The first-order valence-electron chi connectivity index (χ1n) is 10.7. The minimum absolute atomic E-state index is 0.0148. The van der Waals surface area contributed by atoms with Crippen molar-refractivity contribution in [3.05, 3.63) is 34.9 Å². The summed E-state index contributed by atoms with van der Waals surface area (Å²) in [5.41, 5.74) is 0.687. The third-order valence-electron chi connectivity index (χ3n) is 5.86. The molecule has 0 heterocycles. The van der Waals surface area contributed by atoms with Crippen LogP contribution >= 0.6 is 11.6 Å². The Bertz CT molecular complexity index is 708. The highest BCUT2D eigenvalue weighted by atomic mass is 35.5. The fraction of sp³-hybridized carbons (Fsp3) is 0.625. The highest BCUT2D eigenvalue weighted by Crippen LogP contribution is 2.39. The summed E-state index contributed by atoms with van der Waals surface area (Å²) in [6, 6.07) is 7.26. The number of unbranched alkanes of at least 4 members (excludes halogenated alkanes) is 3. The molecule has 1 unspecified atom stereocenters. The molecule has 1 aromatic carbocycles. The van der Waals surface area contributed by atoms with Crippen LogP contribution in [0.4, 0.5) is 0 Å². The summed E-state index contributed by atoms with van der Waals surface area (Å²) in [7, 11) is 0. The van der Waals surface area contributed by atoms with Crippen molar-refractivity contribution in [2.24, 2.45) is 11.8 Å². The van der Waals surface area contributed by atoms with Crippen molar-refractivity contribution in [2.45, 2.75) is 83.0 Å². The minimum atomic E-state index is -0.788. The molecule has 2 rings (SSSR count). The van der Waals surface area contributed by atoms with Crippen LogP contribution in [0.5, 0.6) is 0 Å². The molecule has 0 amide bonds. The van der Waals surface area contributed by atoms with Gasteiger partial charge in [-0.05, 0) is 63.0 Å². The van der Waals surface area contributed by atoms with Crippen molar-refractivity contribution in [3.8, 4) is 11.8 Å². The lowest BCUT2D eigenvalue weighted by molar-refractivity contribution is -0.117. The van der Waals surface area contributed by atoms with Crippen LogP contribution in [0.15, 0.2) is 24.3 Å². The lowest BCUT2D eigenvalue weighted by Gasteiger charge is -2.24. The minimum Gasteiger partial charge on any atom is -0.393 e. The monoisotopic (exact) mass is 420 g/mol.